The number of aryl methyl sites for hydroxylation is 2. The largest absolute Gasteiger partial charge is 0.438 e. The summed E-state index contributed by atoms with van der Waals surface area (Å²) < 4.78 is 33.3. The van der Waals surface area contributed by atoms with Crippen LogP contribution >= 0.6 is 11.8 Å². The standard InChI is InChI=1S/C21H28F2N4OS/c1-7-27(6)12-25-17-9-16(19(22)23)18(8-14(17)4)28-20-15(5)10-24-21(26-20)29-11-13(2)3/h8-10,12-13,19H,7,11H2,1-6H3/b25-12+. The Bertz CT molecular complexity index is 859. The van der Waals surface area contributed by atoms with Gasteiger partial charge in [0, 0.05) is 31.1 Å². The smallest absolute Gasteiger partial charge is 0.267 e. The number of hydrogen-bond acceptors (Lipinski definition) is 5. The number of ether oxygens (including phenoxy) is 1. The highest BCUT2D eigenvalue weighted by molar-refractivity contribution is 7.99. The van der Waals surface area contributed by atoms with Gasteiger partial charge in [-0.05, 0) is 44.4 Å². The fraction of sp³-hybridized carbons (Fsp3) is 0.476. The fourth-order valence-corrected chi connectivity index (χ4v) is 3.01. The monoisotopic (exact) mass is 422 g/mol. The number of rotatable bonds is 9. The van der Waals surface area contributed by atoms with Crippen molar-refractivity contribution in [1.29, 1.82) is 0 Å². The molecule has 0 saturated heterocycles. The van der Waals surface area contributed by atoms with E-state index in [2.05, 4.69) is 28.8 Å². The van der Waals surface area contributed by atoms with E-state index in [1.807, 2.05) is 25.8 Å². The summed E-state index contributed by atoms with van der Waals surface area (Å²) in [7, 11) is 1.87. The van der Waals surface area contributed by atoms with Crippen molar-refractivity contribution < 1.29 is 13.5 Å². The molecule has 1 heterocycles. The lowest BCUT2D eigenvalue weighted by Crippen LogP contribution is -2.14. The second-order valence-electron chi connectivity index (χ2n) is 7.24. The summed E-state index contributed by atoms with van der Waals surface area (Å²) in [6.07, 6.45) is 0.588. The second-order valence-corrected chi connectivity index (χ2v) is 8.23. The Hall–Kier alpha value is -2.22. The fourth-order valence-electron chi connectivity index (χ4n) is 2.26. The maximum atomic E-state index is 13.7. The molecule has 0 radical (unpaired) electrons. The van der Waals surface area contributed by atoms with Crippen LogP contribution < -0.4 is 4.74 Å². The van der Waals surface area contributed by atoms with E-state index in [4.69, 9.17) is 4.74 Å². The molecule has 0 aliphatic carbocycles. The van der Waals surface area contributed by atoms with Gasteiger partial charge in [0.2, 0.25) is 5.88 Å². The van der Waals surface area contributed by atoms with Gasteiger partial charge in [0.25, 0.3) is 6.43 Å². The second kappa shape index (κ2) is 10.5. The van der Waals surface area contributed by atoms with Crippen LogP contribution in [0.5, 0.6) is 11.6 Å². The summed E-state index contributed by atoms with van der Waals surface area (Å²) >= 11 is 1.52. The van der Waals surface area contributed by atoms with E-state index in [0.717, 1.165) is 17.9 Å². The van der Waals surface area contributed by atoms with Gasteiger partial charge < -0.3 is 9.64 Å². The Labute approximate surface area is 175 Å². The highest BCUT2D eigenvalue weighted by atomic mass is 32.2. The first-order valence-corrected chi connectivity index (χ1v) is 10.5. The van der Waals surface area contributed by atoms with Crippen molar-refractivity contribution in [2.24, 2.45) is 10.9 Å². The zero-order chi connectivity index (χ0) is 21.6. The third kappa shape index (κ3) is 6.66. The third-order valence-corrected chi connectivity index (χ3v) is 5.40. The van der Waals surface area contributed by atoms with Crippen LogP contribution in [0.2, 0.25) is 0 Å². The van der Waals surface area contributed by atoms with Gasteiger partial charge in [-0.25, -0.2) is 18.8 Å². The predicted molar refractivity (Wildman–Crippen MR) is 115 cm³/mol. The maximum Gasteiger partial charge on any atom is 0.267 e. The van der Waals surface area contributed by atoms with Crippen LogP contribution in [0.4, 0.5) is 14.5 Å². The number of aromatic nitrogens is 2. The first-order valence-electron chi connectivity index (χ1n) is 9.52. The van der Waals surface area contributed by atoms with Crippen molar-refractivity contribution in [2.45, 2.75) is 46.2 Å². The first-order chi connectivity index (χ1) is 13.7. The predicted octanol–water partition coefficient (Wildman–Crippen LogP) is 6.18. The minimum atomic E-state index is -2.69. The topological polar surface area (TPSA) is 50.6 Å². The van der Waals surface area contributed by atoms with Crippen molar-refractivity contribution in [2.75, 3.05) is 19.3 Å². The Balaban J connectivity index is 2.36. The van der Waals surface area contributed by atoms with Gasteiger partial charge in [0.15, 0.2) is 5.16 Å². The molecule has 29 heavy (non-hydrogen) atoms. The number of alkyl halides is 2. The van der Waals surface area contributed by atoms with Crippen LogP contribution in [0, 0.1) is 19.8 Å². The lowest BCUT2D eigenvalue weighted by Gasteiger charge is -2.15. The van der Waals surface area contributed by atoms with E-state index in [-0.39, 0.29) is 17.2 Å². The van der Waals surface area contributed by atoms with Gasteiger partial charge in [0.05, 0.1) is 17.6 Å². The van der Waals surface area contributed by atoms with Crippen LogP contribution in [0.3, 0.4) is 0 Å². The maximum absolute atomic E-state index is 13.7. The van der Waals surface area contributed by atoms with E-state index in [1.54, 1.807) is 25.5 Å². The van der Waals surface area contributed by atoms with Crippen LogP contribution in [0.15, 0.2) is 28.5 Å². The molecule has 0 bridgehead atoms. The summed E-state index contributed by atoms with van der Waals surface area (Å²) in [6, 6.07) is 2.96. The summed E-state index contributed by atoms with van der Waals surface area (Å²) in [5.74, 6) is 1.72. The van der Waals surface area contributed by atoms with Crippen molar-refractivity contribution >= 4 is 23.8 Å². The number of hydrogen-bond donors (Lipinski definition) is 0. The van der Waals surface area contributed by atoms with Gasteiger partial charge in [-0.2, -0.15) is 4.98 Å². The molecule has 0 aliphatic rings. The molecular formula is C21H28F2N4OS. The molecule has 0 amide bonds. The molecule has 0 unspecified atom stereocenters. The molecule has 0 saturated carbocycles. The van der Waals surface area contributed by atoms with E-state index in [0.29, 0.717) is 22.3 Å². The Morgan fingerprint density at radius 3 is 2.59 bits per heavy atom. The summed E-state index contributed by atoms with van der Waals surface area (Å²) in [5, 5.41) is 0.568. The van der Waals surface area contributed by atoms with Crippen LogP contribution in [0.1, 0.15) is 43.9 Å². The van der Waals surface area contributed by atoms with E-state index in [9.17, 15) is 8.78 Å². The van der Waals surface area contributed by atoms with E-state index in [1.165, 1.54) is 17.8 Å². The van der Waals surface area contributed by atoms with E-state index < -0.39 is 6.43 Å². The van der Waals surface area contributed by atoms with Crippen molar-refractivity contribution in [3.8, 4) is 11.6 Å². The van der Waals surface area contributed by atoms with Gasteiger partial charge in [0.1, 0.15) is 5.75 Å². The molecule has 0 N–H and O–H groups in total. The van der Waals surface area contributed by atoms with Gasteiger partial charge in [-0.1, -0.05) is 25.6 Å². The Morgan fingerprint density at radius 2 is 1.97 bits per heavy atom. The molecule has 0 atom stereocenters. The molecule has 0 fully saturated rings. The number of halogens is 2. The van der Waals surface area contributed by atoms with Crippen molar-refractivity contribution in [3.05, 3.63) is 35.0 Å². The molecular weight excluding hydrogens is 394 g/mol. The molecule has 1 aromatic carbocycles. The minimum absolute atomic E-state index is 0.0851. The Kier molecular flexibility index (Phi) is 8.37. The minimum Gasteiger partial charge on any atom is -0.438 e. The van der Waals surface area contributed by atoms with Gasteiger partial charge in [-0.15, -0.1) is 0 Å². The molecule has 1 aromatic heterocycles. The summed E-state index contributed by atoms with van der Waals surface area (Å²) in [6.45, 7) is 10.6. The van der Waals surface area contributed by atoms with Crippen molar-refractivity contribution in [1.82, 2.24) is 14.9 Å². The SMILES string of the molecule is CCN(C)/C=N/c1cc(C(F)F)c(Oc2nc(SCC(C)C)ncc2C)cc1C. The molecule has 158 valence electrons. The zero-order valence-corrected chi connectivity index (χ0v) is 18.6. The highest BCUT2D eigenvalue weighted by Crippen LogP contribution is 2.38. The van der Waals surface area contributed by atoms with Gasteiger partial charge in [-0.3, -0.25) is 0 Å². The third-order valence-electron chi connectivity index (χ3n) is 4.11. The van der Waals surface area contributed by atoms with Crippen LogP contribution in [0.25, 0.3) is 0 Å². The lowest BCUT2D eigenvalue weighted by atomic mass is 10.1. The molecule has 8 heteroatoms. The number of benzene rings is 1. The van der Waals surface area contributed by atoms with Crippen molar-refractivity contribution in [3.63, 3.8) is 0 Å². The van der Waals surface area contributed by atoms with Gasteiger partial charge >= 0.3 is 0 Å². The quantitative estimate of drug-likeness (QED) is 0.209. The number of thioether (sulfide) groups is 1. The molecule has 2 rings (SSSR count). The first kappa shape index (κ1) is 23.1. The lowest BCUT2D eigenvalue weighted by molar-refractivity contribution is 0.148. The average Bonchev–Trinajstić information content (AvgIpc) is 2.67. The highest BCUT2D eigenvalue weighted by Gasteiger charge is 2.19. The Morgan fingerprint density at radius 1 is 1.24 bits per heavy atom. The van der Waals surface area contributed by atoms with E-state index >= 15 is 0 Å². The number of nitrogens with zero attached hydrogens (tertiary/aromatic N) is 4. The normalized spacial score (nSPS) is 11.7. The van der Waals surface area contributed by atoms with Crippen LogP contribution in [-0.2, 0) is 0 Å². The van der Waals surface area contributed by atoms with Crippen LogP contribution in [-0.4, -0.2) is 40.6 Å². The zero-order valence-electron chi connectivity index (χ0n) is 17.7. The average molecular weight is 423 g/mol. The summed E-state index contributed by atoms with van der Waals surface area (Å²) in [5.41, 5.74) is 1.70. The number of aliphatic imine (C=N–C) groups is 1. The molecule has 0 aliphatic heterocycles. The summed E-state index contributed by atoms with van der Waals surface area (Å²) in [4.78, 5) is 14.9. The molecule has 5 nitrogen and oxygen atoms in total. The molecule has 0 spiro atoms. The molecule has 2 aromatic rings.